The van der Waals surface area contributed by atoms with Crippen LogP contribution < -0.4 is 5.32 Å². The van der Waals surface area contributed by atoms with Crippen LogP contribution in [-0.4, -0.2) is 33.4 Å². The average molecular weight is 576 g/mol. The highest BCUT2D eigenvalue weighted by atomic mass is 79.9. The second kappa shape index (κ2) is 8.85. The van der Waals surface area contributed by atoms with Crippen LogP contribution in [0.5, 0.6) is 0 Å². The van der Waals surface area contributed by atoms with E-state index in [4.69, 9.17) is 0 Å². The van der Waals surface area contributed by atoms with Gasteiger partial charge in [-0.15, -0.1) is 0 Å². The van der Waals surface area contributed by atoms with E-state index in [1.54, 1.807) is 30.5 Å². The lowest BCUT2D eigenvalue weighted by molar-refractivity contribution is -0.122. The highest BCUT2D eigenvalue weighted by Crippen LogP contribution is 2.62. The molecule has 1 fully saturated rings. The van der Waals surface area contributed by atoms with Gasteiger partial charge in [-0.2, -0.15) is 0 Å². The Labute approximate surface area is 233 Å². The van der Waals surface area contributed by atoms with E-state index in [1.807, 2.05) is 77.8 Å². The number of carbonyl (C=O) groups is 3. The van der Waals surface area contributed by atoms with E-state index in [-0.39, 0.29) is 17.5 Å². The number of aromatic nitrogens is 1. The van der Waals surface area contributed by atoms with Crippen LogP contribution in [-0.2, 0) is 10.2 Å². The van der Waals surface area contributed by atoms with Gasteiger partial charge in [-0.25, -0.2) is 0 Å². The van der Waals surface area contributed by atoms with Crippen molar-refractivity contribution in [2.45, 2.75) is 17.5 Å². The molecular weight excluding hydrogens is 554 g/mol. The Hall–Kier alpha value is -4.36. The van der Waals surface area contributed by atoms with Crippen LogP contribution in [0.15, 0.2) is 108 Å². The Bertz CT molecular complexity index is 1680. The monoisotopic (exact) mass is 575 g/mol. The fourth-order valence-electron chi connectivity index (χ4n) is 6.64. The van der Waals surface area contributed by atoms with Gasteiger partial charge in [0.2, 0.25) is 5.91 Å². The number of amides is 1. The summed E-state index contributed by atoms with van der Waals surface area (Å²) in [4.78, 5) is 49.5. The molecular formula is C32H22BrN3O3. The Kier molecular flexibility index (Phi) is 5.39. The first-order chi connectivity index (χ1) is 19.0. The van der Waals surface area contributed by atoms with Crippen molar-refractivity contribution in [3.8, 4) is 0 Å². The fraction of sp³-hybridized carbons (Fsp3) is 0.125. The molecule has 4 heterocycles. The molecule has 190 valence electrons. The molecule has 7 heteroatoms. The van der Waals surface area contributed by atoms with Gasteiger partial charge in [0.1, 0.15) is 11.5 Å². The van der Waals surface area contributed by atoms with Gasteiger partial charge in [-0.3, -0.25) is 19.4 Å². The van der Waals surface area contributed by atoms with Crippen molar-refractivity contribution in [2.75, 3.05) is 5.32 Å². The topological polar surface area (TPSA) is 79.4 Å². The molecule has 1 saturated heterocycles. The summed E-state index contributed by atoms with van der Waals surface area (Å²) < 4.78 is 0.846. The highest BCUT2D eigenvalue weighted by Gasteiger charge is 2.70. The van der Waals surface area contributed by atoms with Crippen LogP contribution in [0.4, 0.5) is 5.69 Å². The molecule has 1 N–H and O–H groups in total. The summed E-state index contributed by atoms with van der Waals surface area (Å²) in [5.74, 6) is -1.79. The molecule has 7 rings (SSSR count). The molecule has 6 nitrogen and oxygen atoms in total. The zero-order valence-electron chi connectivity index (χ0n) is 20.6. The number of fused-ring (bicyclic) bond motifs is 6. The van der Waals surface area contributed by atoms with Crippen molar-refractivity contribution in [2.24, 2.45) is 5.92 Å². The second-order valence-electron chi connectivity index (χ2n) is 10.1. The van der Waals surface area contributed by atoms with Crippen molar-refractivity contribution < 1.29 is 14.4 Å². The van der Waals surface area contributed by atoms with Crippen LogP contribution in [0, 0.1) is 5.92 Å². The summed E-state index contributed by atoms with van der Waals surface area (Å²) in [5, 5.41) is 3.06. The lowest BCUT2D eigenvalue weighted by Crippen LogP contribution is -2.49. The lowest BCUT2D eigenvalue weighted by Gasteiger charge is -2.38. The Morgan fingerprint density at radius 1 is 0.872 bits per heavy atom. The van der Waals surface area contributed by atoms with Gasteiger partial charge in [-0.1, -0.05) is 70.5 Å². The van der Waals surface area contributed by atoms with E-state index in [1.165, 1.54) is 6.20 Å². The number of hydrogen-bond acceptors (Lipinski definition) is 5. The van der Waals surface area contributed by atoms with Gasteiger partial charge < -0.3 is 10.2 Å². The molecule has 39 heavy (non-hydrogen) atoms. The van der Waals surface area contributed by atoms with Gasteiger partial charge in [0, 0.05) is 39.9 Å². The van der Waals surface area contributed by atoms with Crippen LogP contribution in [0.1, 0.15) is 43.4 Å². The number of Topliss-reactive ketones (excluding diaryl/α,β-unsaturated/α-hetero) is 2. The summed E-state index contributed by atoms with van der Waals surface area (Å²) in [5.41, 5.74) is 2.74. The maximum absolute atomic E-state index is 14.6. The molecule has 3 aliphatic heterocycles. The van der Waals surface area contributed by atoms with Gasteiger partial charge in [0.15, 0.2) is 11.6 Å². The summed E-state index contributed by atoms with van der Waals surface area (Å²) >= 11 is 3.44. The van der Waals surface area contributed by atoms with E-state index >= 15 is 0 Å². The van der Waals surface area contributed by atoms with Crippen LogP contribution in [0.2, 0.25) is 0 Å². The van der Waals surface area contributed by atoms with Gasteiger partial charge in [0.25, 0.3) is 0 Å². The van der Waals surface area contributed by atoms with E-state index in [0.29, 0.717) is 16.8 Å². The molecule has 0 aliphatic carbocycles. The van der Waals surface area contributed by atoms with E-state index in [9.17, 15) is 14.4 Å². The zero-order chi connectivity index (χ0) is 26.7. The van der Waals surface area contributed by atoms with Crippen LogP contribution >= 0.6 is 15.9 Å². The molecule has 3 aromatic carbocycles. The van der Waals surface area contributed by atoms with Crippen molar-refractivity contribution in [1.29, 1.82) is 0 Å². The van der Waals surface area contributed by atoms with Crippen molar-refractivity contribution in [3.63, 3.8) is 0 Å². The standard InChI is InChI=1S/C32H22BrN3O3/c33-22-13-11-20(12-14-22)29(38)27-26(28(37)21-7-5-16-34-18-21)32(24-9-3-4-10-25(24)35-31(32)39)30-23-8-2-1-6-19(23)15-17-36(27)30/h1-18,26-27,30H,(H,35,39)/t26-,27+,30-,32+/m1/s1. The molecule has 1 aromatic heterocycles. The maximum atomic E-state index is 14.6. The molecule has 0 bridgehead atoms. The average Bonchev–Trinajstić information content (AvgIpc) is 3.45. The number of anilines is 1. The summed E-state index contributed by atoms with van der Waals surface area (Å²) in [7, 11) is 0. The highest BCUT2D eigenvalue weighted by molar-refractivity contribution is 9.10. The number of para-hydroxylation sites is 1. The number of nitrogens with one attached hydrogen (secondary N) is 1. The molecule has 0 radical (unpaired) electrons. The van der Waals surface area contributed by atoms with Crippen LogP contribution in [0.25, 0.3) is 6.08 Å². The number of rotatable bonds is 4. The molecule has 0 saturated carbocycles. The molecule has 4 aromatic rings. The number of benzene rings is 3. The largest absolute Gasteiger partial charge is 0.358 e. The zero-order valence-corrected chi connectivity index (χ0v) is 22.2. The Morgan fingerprint density at radius 2 is 1.64 bits per heavy atom. The number of hydrogen-bond donors (Lipinski definition) is 1. The van der Waals surface area contributed by atoms with Crippen molar-refractivity contribution in [3.05, 3.63) is 136 Å². The Balaban J connectivity index is 1.54. The molecule has 0 unspecified atom stereocenters. The third kappa shape index (κ3) is 3.32. The molecule has 3 aliphatic rings. The predicted octanol–water partition coefficient (Wildman–Crippen LogP) is 5.83. The normalized spacial score (nSPS) is 24.2. The fourth-order valence-corrected chi connectivity index (χ4v) is 6.91. The summed E-state index contributed by atoms with van der Waals surface area (Å²) in [6, 6.07) is 24.4. The van der Waals surface area contributed by atoms with E-state index < -0.39 is 23.4 Å². The van der Waals surface area contributed by atoms with Crippen LogP contribution in [0.3, 0.4) is 0 Å². The summed E-state index contributed by atoms with van der Waals surface area (Å²) in [6.07, 6.45) is 6.94. The number of ketones is 2. The second-order valence-corrected chi connectivity index (χ2v) is 11.0. The third-order valence-corrected chi connectivity index (χ3v) is 8.72. The number of pyridine rings is 1. The minimum absolute atomic E-state index is 0.215. The first-order valence-corrected chi connectivity index (χ1v) is 13.5. The quantitative estimate of drug-likeness (QED) is 0.310. The minimum Gasteiger partial charge on any atom is -0.358 e. The number of halogens is 1. The van der Waals surface area contributed by atoms with Gasteiger partial charge >= 0.3 is 0 Å². The van der Waals surface area contributed by atoms with Gasteiger partial charge in [-0.05, 0) is 53.1 Å². The van der Waals surface area contributed by atoms with E-state index in [2.05, 4.69) is 26.2 Å². The van der Waals surface area contributed by atoms with E-state index in [0.717, 1.165) is 21.2 Å². The minimum atomic E-state index is -1.35. The first kappa shape index (κ1) is 23.7. The summed E-state index contributed by atoms with van der Waals surface area (Å²) in [6.45, 7) is 0. The lowest BCUT2D eigenvalue weighted by atomic mass is 9.62. The number of nitrogens with zero attached hydrogens (tertiary/aromatic N) is 2. The first-order valence-electron chi connectivity index (χ1n) is 12.7. The van der Waals surface area contributed by atoms with Crippen molar-refractivity contribution >= 4 is 45.2 Å². The Morgan fingerprint density at radius 3 is 2.44 bits per heavy atom. The molecule has 1 amide bonds. The molecule has 1 spiro atoms. The van der Waals surface area contributed by atoms with Gasteiger partial charge in [0.05, 0.1) is 12.0 Å². The maximum Gasteiger partial charge on any atom is 0.238 e. The third-order valence-electron chi connectivity index (χ3n) is 8.20. The smallest absolute Gasteiger partial charge is 0.238 e. The predicted molar refractivity (Wildman–Crippen MR) is 151 cm³/mol. The SMILES string of the molecule is O=C(c1ccc(Br)cc1)[C@@H]1[C@H](C(=O)c2cccnc2)[C@]2(C(=O)Nc3ccccc32)[C@H]2c3ccccc3C=CN12. The number of carbonyl (C=O) groups excluding carboxylic acids is 3. The van der Waals surface area contributed by atoms with Crippen molar-refractivity contribution in [1.82, 2.24) is 9.88 Å². The molecule has 4 atom stereocenters.